The van der Waals surface area contributed by atoms with Crippen molar-refractivity contribution < 1.29 is 0 Å². The van der Waals surface area contributed by atoms with Crippen LogP contribution in [-0.2, 0) is 6.42 Å². The Morgan fingerprint density at radius 3 is 2.47 bits per heavy atom. The Bertz CT molecular complexity index is 467. The summed E-state index contributed by atoms with van der Waals surface area (Å²) in [6.07, 6.45) is 1.08. The molecule has 0 spiro atoms. The third-order valence-electron chi connectivity index (χ3n) is 3.67. The number of hydrogen-bond acceptors (Lipinski definition) is 3. The van der Waals surface area contributed by atoms with Crippen molar-refractivity contribution in [3.05, 3.63) is 58.3 Å². The fourth-order valence-corrected chi connectivity index (χ4v) is 3.21. The van der Waals surface area contributed by atoms with Gasteiger partial charge in [0.25, 0.3) is 0 Å². The molecule has 1 aromatic carbocycles. The van der Waals surface area contributed by atoms with Crippen molar-refractivity contribution in [1.82, 2.24) is 4.90 Å². The summed E-state index contributed by atoms with van der Waals surface area (Å²) in [5.74, 6) is 0. The highest BCUT2D eigenvalue weighted by atomic mass is 32.1. The molecule has 0 amide bonds. The lowest BCUT2D eigenvalue weighted by atomic mass is 10.0. The molecule has 1 heterocycles. The number of benzene rings is 1. The lowest BCUT2D eigenvalue weighted by molar-refractivity contribution is 0.188. The van der Waals surface area contributed by atoms with Crippen LogP contribution >= 0.6 is 11.3 Å². The Morgan fingerprint density at radius 1 is 1.16 bits per heavy atom. The van der Waals surface area contributed by atoms with Crippen LogP contribution in [0.4, 0.5) is 0 Å². The maximum atomic E-state index is 5.98. The summed E-state index contributed by atoms with van der Waals surface area (Å²) in [5, 5.41) is 2.14. The van der Waals surface area contributed by atoms with Crippen LogP contribution in [0.5, 0.6) is 0 Å². The van der Waals surface area contributed by atoms with E-state index in [2.05, 4.69) is 60.6 Å². The van der Waals surface area contributed by atoms with Gasteiger partial charge in [0.2, 0.25) is 0 Å². The maximum Gasteiger partial charge on any atom is 0.0470 e. The minimum absolute atomic E-state index is 0.288. The molecule has 0 aliphatic rings. The van der Waals surface area contributed by atoms with E-state index in [9.17, 15) is 0 Å². The predicted octanol–water partition coefficient (Wildman–Crippen LogP) is 3.31. The number of nitrogens with two attached hydrogens (primary N) is 1. The fraction of sp³-hybridized carbons (Fsp3) is 0.375. The average Bonchev–Trinajstić information content (AvgIpc) is 2.93. The number of rotatable bonds is 6. The van der Waals surface area contributed by atoms with Crippen molar-refractivity contribution in [2.24, 2.45) is 5.73 Å². The lowest BCUT2D eigenvalue weighted by Gasteiger charge is -2.32. The molecule has 1 aromatic heterocycles. The summed E-state index contributed by atoms with van der Waals surface area (Å²) in [5.41, 5.74) is 7.27. The molecule has 0 fully saturated rings. The minimum Gasteiger partial charge on any atom is -0.329 e. The first-order chi connectivity index (χ1) is 9.22. The van der Waals surface area contributed by atoms with Crippen LogP contribution in [0, 0.1) is 0 Å². The third kappa shape index (κ3) is 3.66. The van der Waals surface area contributed by atoms with Gasteiger partial charge in [-0.05, 0) is 37.4 Å². The van der Waals surface area contributed by atoms with E-state index in [0.717, 1.165) is 6.42 Å². The van der Waals surface area contributed by atoms with Crippen LogP contribution in [0.3, 0.4) is 0 Å². The van der Waals surface area contributed by atoms with Gasteiger partial charge >= 0.3 is 0 Å². The van der Waals surface area contributed by atoms with E-state index >= 15 is 0 Å². The molecule has 0 aliphatic heterocycles. The summed E-state index contributed by atoms with van der Waals surface area (Å²) in [6.45, 7) is 2.92. The molecule has 102 valence electrons. The normalized spacial score (nSPS) is 14.5. The Kier molecular flexibility index (Phi) is 5.14. The highest BCUT2D eigenvalue weighted by Gasteiger charge is 2.20. The van der Waals surface area contributed by atoms with Gasteiger partial charge in [-0.25, -0.2) is 0 Å². The van der Waals surface area contributed by atoms with Crippen LogP contribution < -0.4 is 5.73 Å². The van der Waals surface area contributed by atoms with Crippen LogP contribution in [-0.4, -0.2) is 24.5 Å². The molecular weight excluding hydrogens is 252 g/mol. The van der Waals surface area contributed by atoms with Gasteiger partial charge in [0.05, 0.1) is 0 Å². The Balaban J connectivity index is 2.06. The van der Waals surface area contributed by atoms with Crippen molar-refractivity contribution >= 4 is 11.3 Å². The first kappa shape index (κ1) is 14.3. The van der Waals surface area contributed by atoms with Crippen molar-refractivity contribution in [1.29, 1.82) is 0 Å². The van der Waals surface area contributed by atoms with Gasteiger partial charge in [0, 0.05) is 23.5 Å². The summed E-state index contributed by atoms with van der Waals surface area (Å²) in [4.78, 5) is 3.82. The average molecular weight is 274 g/mol. The molecular formula is C16H22N2S. The second-order valence-corrected chi connectivity index (χ2v) is 5.99. The Morgan fingerprint density at radius 2 is 1.89 bits per heavy atom. The summed E-state index contributed by atoms with van der Waals surface area (Å²) >= 11 is 1.83. The van der Waals surface area contributed by atoms with Crippen molar-refractivity contribution in [3.63, 3.8) is 0 Å². The van der Waals surface area contributed by atoms with Gasteiger partial charge in [-0.2, -0.15) is 0 Å². The second-order valence-electron chi connectivity index (χ2n) is 4.96. The smallest absolute Gasteiger partial charge is 0.0470 e. The number of nitrogens with zero attached hydrogens (tertiary/aromatic N) is 1. The molecule has 2 rings (SSSR count). The first-order valence-corrected chi connectivity index (χ1v) is 7.59. The maximum absolute atomic E-state index is 5.98. The number of hydrogen-bond donors (Lipinski definition) is 1. The zero-order valence-electron chi connectivity index (χ0n) is 11.6. The summed E-state index contributed by atoms with van der Waals surface area (Å²) in [6, 6.07) is 15.6. The predicted molar refractivity (Wildman–Crippen MR) is 83.5 cm³/mol. The van der Waals surface area contributed by atoms with E-state index < -0.39 is 0 Å². The van der Waals surface area contributed by atoms with Crippen molar-refractivity contribution in [3.8, 4) is 0 Å². The largest absolute Gasteiger partial charge is 0.329 e. The molecule has 2 nitrogen and oxygen atoms in total. The van der Waals surface area contributed by atoms with Crippen LogP contribution in [0.15, 0.2) is 47.8 Å². The van der Waals surface area contributed by atoms with E-state index in [4.69, 9.17) is 5.73 Å². The zero-order chi connectivity index (χ0) is 13.7. The van der Waals surface area contributed by atoms with E-state index in [0.29, 0.717) is 12.6 Å². The highest BCUT2D eigenvalue weighted by Crippen LogP contribution is 2.22. The molecule has 3 heteroatoms. The Hall–Kier alpha value is -1.16. The zero-order valence-corrected chi connectivity index (χ0v) is 12.4. The van der Waals surface area contributed by atoms with E-state index in [1.54, 1.807) is 0 Å². The SMILES string of the molecule is CC(Cc1cccs1)N(C)C(CN)c1ccccc1. The molecule has 0 saturated heterocycles. The van der Waals surface area contributed by atoms with Gasteiger partial charge < -0.3 is 5.73 Å². The topological polar surface area (TPSA) is 29.3 Å². The summed E-state index contributed by atoms with van der Waals surface area (Å²) in [7, 11) is 2.17. The van der Waals surface area contributed by atoms with Gasteiger partial charge in [-0.15, -0.1) is 11.3 Å². The highest BCUT2D eigenvalue weighted by molar-refractivity contribution is 7.09. The second kappa shape index (κ2) is 6.85. The molecule has 2 aromatic rings. The van der Waals surface area contributed by atoms with Gasteiger partial charge in [0.1, 0.15) is 0 Å². The van der Waals surface area contributed by atoms with E-state index in [1.807, 2.05) is 17.4 Å². The number of likely N-dealkylation sites (N-methyl/N-ethyl adjacent to an activating group) is 1. The van der Waals surface area contributed by atoms with Crippen molar-refractivity contribution in [2.45, 2.75) is 25.4 Å². The monoisotopic (exact) mass is 274 g/mol. The minimum atomic E-state index is 0.288. The van der Waals surface area contributed by atoms with E-state index in [1.165, 1.54) is 10.4 Å². The first-order valence-electron chi connectivity index (χ1n) is 6.71. The van der Waals surface area contributed by atoms with Crippen molar-refractivity contribution in [2.75, 3.05) is 13.6 Å². The van der Waals surface area contributed by atoms with Gasteiger partial charge in [0.15, 0.2) is 0 Å². The van der Waals surface area contributed by atoms with Gasteiger partial charge in [-0.3, -0.25) is 4.90 Å². The molecule has 0 bridgehead atoms. The molecule has 2 unspecified atom stereocenters. The van der Waals surface area contributed by atoms with E-state index in [-0.39, 0.29) is 6.04 Å². The summed E-state index contributed by atoms with van der Waals surface area (Å²) < 4.78 is 0. The molecule has 0 radical (unpaired) electrons. The number of thiophene rings is 1. The molecule has 19 heavy (non-hydrogen) atoms. The lowest BCUT2D eigenvalue weighted by Crippen LogP contribution is -2.38. The molecule has 2 atom stereocenters. The standard InChI is InChI=1S/C16H22N2S/c1-13(11-15-9-6-10-19-15)18(2)16(12-17)14-7-4-3-5-8-14/h3-10,13,16H,11-12,17H2,1-2H3. The third-order valence-corrected chi connectivity index (χ3v) is 4.57. The molecule has 0 saturated carbocycles. The van der Waals surface area contributed by atoms with Crippen LogP contribution in [0.1, 0.15) is 23.4 Å². The van der Waals surface area contributed by atoms with Gasteiger partial charge in [-0.1, -0.05) is 36.4 Å². The van der Waals surface area contributed by atoms with Crippen LogP contribution in [0.2, 0.25) is 0 Å². The fourth-order valence-electron chi connectivity index (χ4n) is 2.38. The Labute approximate surface area is 119 Å². The quantitative estimate of drug-likeness (QED) is 0.875. The van der Waals surface area contributed by atoms with Crippen LogP contribution in [0.25, 0.3) is 0 Å². The molecule has 2 N–H and O–H groups in total. The molecule has 0 aliphatic carbocycles.